The van der Waals surface area contributed by atoms with Gasteiger partial charge in [0.1, 0.15) is 0 Å². The summed E-state index contributed by atoms with van der Waals surface area (Å²) in [7, 11) is 0. The van der Waals surface area contributed by atoms with Gasteiger partial charge < -0.3 is 0 Å². The molecule has 18 heavy (non-hydrogen) atoms. The van der Waals surface area contributed by atoms with E-state index in [1.807, 2.05) is 0 Å². The number of hydrogen-bond acceptors (Lipinski definition) is 0. The molecule has 0 saturated heterocycles. The maximum absolute atomic E-state index is 14.2. The van der Waals surface area contributed by atoms with Crippen LogP contribution in [-0.4, -0.2) is 47.7 Å². The Bertz CT molecular complexity index is 392. The molecule has 0 radical (unpaired) electrons. The molecule has 2 rings (SSSR count). The number of hydrogen-bond donors (Lipinski definition) is 0. The molecule has 0 aromatic heterocycles. The van der Waals surface area contributed by atoms with Crippen LogP contribution in [0.3, 0.4) is 0 Å². The summed E-state index contributed by atoms with van der Waals surface area (Å²) >= 11 is -1.93. The summed E-state index contributed by atoms with van der Waals surface area (Å²) in [6.07, 6.45) is 6.53. The van der Waals surface area contributed by atoms with Gasteiger partial charge in [0.15, 0.2) is 0 Å². The molecule has 0 aromatic rings. The zero-order valence-electron chi connectivity index (χ0n) is 9.10. The molecule has 0 aromatic carbocycles. The van der Waals surface area contributed by atoms with Gasteiger partial charge in [0, 0.05) is 0 Å². The first-order valence-electron chi connectivity index (χ1n) is 5.21. The van der Waals surface area contributed by atoms with E-state index >= 15 is 0 Å². The average Bonchev–Trinajstić information content (AvgIpc) is 2.35. The van der Waals surface area contributed by atoms with Crippen LogP contribution in [0.1, 0.15) is 0 Å². The van der Waals surface area contributed by atoms with Crippen LogP contribution < -0.4 is 0 Å². The summed E-state index contributed by atoms with van der Waals surface area (Å²) in [6, 6.07) is 0. The topological polar surface area (TPSA) is 0 Å². The zero-order chi connectivity index (χ0) is 13.2. The number of alkyl halides is 4. The van der Waals surface area contributed by atoms with Crippen LogP contribution in [0.5, 0.6) is 0 Å². The van der Waals surface area contributed by atoms with Crippen LogP contribution in [0.25, 0.3) is 0 Å². The van der Waals surface area contributed by atoms with Crippen LogP contribution in [0.2, 0.25) is 0 Å². The fourth-order valence-corrected chi connectivity index (χ4v) is 9.23. The molecule has 2 aliphatic rings. The Balaban J connectivity index is 2.03. The molecule has 6 heteroatoms. The van der Waals surface area contributed by atoms with Crippen molar-refractivity contribution in [1.29, 1.82) is 0 Å². The van der Waals surface area contributed by atoms with E-state index in [-0.39, 0.29) is 0 Å². The summed E-state index contributed by atoms with van der Waals surface area (Å²) in [5.41, 5.74) is 0. The van der Waals surface area contributed by atoms with Crippen molar-refractivity contribution in [2.24, 2.45) is 0 Å². The second kappa shape index (κ2) is 5.38. The van der Waals surface area contributed by atoms with E-state index in [0.717, 1.165) is 24.3 Å². The van der Waals surface area contributed by atoms with Crippen LogP contribution >= 0.6 is 0 Å². The van der Waals surface area contributed by atoms with Gasteiger partial charge in [-0.05, 0) is 0 Å². The second-order valence-electron chi connectivity index (χ2n) is 3.85. The van der Waals surface area contributed by atoms with Crippen molar-refractivity contribution in [1.82, 2.24) is 0 Å². The molecule has 0 aliphatic heterocycles. The van der Waals surface area contributed by atoms with E-state index in [4.69, 9.17) is 0 Å². The van der Waals surface area contributed by atoms with Crippen LogP contribution in [0, 0.1) is 0 Å². The van der Waals surface area contributed by atoms with Crippen molar-refractivity contribution in [3.05, 3.63) is 48.6 Å². The first kappa shape index (κ1) is 14.1. The minimum absolute atomic E-state index is 0.963. The third-order valence-electron chi connectivity index (χ3n) is 2.48. The molecule has 0 spiro atoms. The summed E-state index contributed by atoms with van der Waals surface area (Å²) < 4.78 is 51.1. The first-order chi connectivity index (χ1) is 8.46. The van der Waals surface area contributed by atoms with Gasteiger partial charge in [0.25, 0.3) is 0 Å². The molecule has 4 atom stereocenters. The Hall–Kier alpha value is -0.281. The first-order valence-corrected chi connectivity index (χ1v) is 11.3. The average molecular weight is 388 g/mol. The Morgan fingerprint density at radius 1 is 0.722 bits per heavy atom. The van der Waals surface area contributed by atoms with Gasteiger partial charge in [-0.15, -0.1) is 0 Å². The molecule has 98 valence electrons. The molecule has 0 heterocycles. The number of allylic oxidation sites excluding steroid dienone is 8. The van der Waals surface area contributed by atoms with E-state index in [2.05, 4.69) is 0 Å². The van der Waals surface area contributed by atoms with Crippen molar-refractivity contribution in [3.8, 4) is 0 Å². The molecule has 0 N–H and O–H groups in total. The molecule has 0 nitrogen and oxygen atoms in total. The van der Waals surface area contributed by atoms with E-state index in [0.29, 0.717) is 0 Å². The maximum atomic E-state index is 14.2. The van der Waals surface area contributed by atoms with Crippen LogP contribution in [0.15, 0.2) is 48.6 Å². The van der Waals surface area contributed by atoms with Gasteiger partial charge in [-0.1, -0.05) is 0 Å². The van der Waals surface area contributed by atoms with Gasteiger partial charge in [-0.3, -0.25) is 0 Å². The molecule has 0 bridgehead atoms. The van der Waals surface area contributed by atoms with Crippen molar-refractivity contribution >= 4 is 26.3 Å². The summed E-state index contributed by atoms with van der Waals surface area (Å²) in [6.45, 7) is 0. The number of rotatable bonds is 3. The summed E-state index contributed by atoms with van der Waals surface area (Å²) in [4.78, 5) is 0. The second-order valence-corrected chi connectivity index (χ2v) is 10.8. The monoisotopic (exact) mass is 390 g/mol. The van der Waals surface area contributed by atoms with E-state index in [1.165, 1.54) is 24.3 Å². The molecular formula is C12H10F4Se2. The van der Waals surface area contributed by atoms with Gasteiger partial charge in [-0.25, -0.2) is 0 Å². The molecule has 0 fully saturated rings. The van der Waals surface area contributed by atoms with Gasteiger partial charge >= 0.3 is 114 Å². The molecule has 2 aliphatic carbocycles. The van der Waals surface area contributed by atoms with E-state index in [9.17, 15) is 17.6 Å². The minimum atomic E-state index is -2.16. The Kier molecular flexibility index (Phi) is 4.22. The Morgan fingerprint density at radius 2 is 1.11 bits per heavy atom. The quantitative estimate of drug-likeness (QED) is 0.515. The predicted octanol–water partition coefficient (Wildman–Crippen LogP) is 2.57. The Morgan fingerprint density at radius 3 is 1.44 bits per heavy atom. The molecule has 0 amide bonds. The zero-order valence-corrected chi connectivity index (χ0v) is 12.5. The van der Waals surface area contributed by atoms with Crippen LogP contribution in [0.4, 0.5) is 17.6 Å². The SMILES string of the molecule is FC1C=CC=CC1(F)[Se][Se]C1(F)C=CC=CC1F. The third kappa shape index (κ3) is 2.83. The van der Waals surface area contributed by atoms with Crippen molar-refractivity contribution < 1.29 is 17.6 Å². The fourth-order valence-electron chi connectivity index (χ4n) is 1.42. The fraction of sp³-hybridized carbons (Fsp3) is 0.333. The van der Waals surface area contributed by atoms with Crippen molar-refractivity contribution in [3.63, 3.8) is 0 Å². The van der Waals surface area contributed by atoms with E-state index in [1.54, 1.807) is 0 Å². The molecule has 4 unspecified atom stereocenters. The van der Waals surface area contributed by atoms with Gasteiger partial charge in [0.2, 0.25) is 0 Å². The molecular weight excluding hydrogens is 378 g/mol. The van der Waals surface area contributed by atoms with Crippen molar-refractivity contribution in [2.45, 2.75) is 21.5 Å². The predicted molar refractivity (Wildman–Crippen MR) is 65.5 cm³/mol. The van der Waals surface area contributed by atoms with Gasteiger partial charge in [0.05, 0.1) is 0 Å². The summed E-state index contributed by atoms with van der Waals surface area (Å²) in [5.74, 6) is 0. The third-order valence-corrected chi connectivity index (χ3v) is 11.7. The normalized spacial score (nSPS) is 42.4. The van der Waals surface area contributed by atoms with Gasteiger partial charge in [-0.2, -0.15) is 0 Å². The van der Waals surface area contributed by atoms with Crippen molar-refractivity contribution in [2.75, 3.05) is 0 Å². The summed E-state index contributed by atoms with van der Waals surface area (Å²) in [5, 5.41) is 0. The standard InChI is InChI=1S/C12H10F4Se2/c13-9-5-1-3-7-11(9,15)17-18-12(16)8-4-2-6-10(12)14/h1-10H. The Labute approximate surface area is 114 Å². The van der Waals surface area contributed by atoms with E-state index < -0.39 is 47.7 Å². The van der Waals surface area contributed by atoms with Crippen LogP contribution in [-0.2, 0) is 0 Å². The number of halogens is 4. The molecule has 0 saturated carbocycles.